The minimum atomic E-state index is -0.287. The van der Waals surface area contributed by atoms with Gasteiger partial charge in [0.1, 0.15) is 17.9 Å². The van der Waals surface area contributed by atoms with E-state index >= 15 is 0 Å². The van der Waals surface area contributed by atoms with E-state index in [4.69, 9.17) is 15.6 Å². The highest BCUT2D eigenvalue weighted by Gasteiger charge is 2.07. The summed E-state index contributed by atoms with van der Waals surface area (Å²) in [6.45, 7) is 0. The van der Waals surface area contributed by atoms with Crippen LogP contribution >= 0.6 is 0 Å². The molecule has 4 heteroatoms. The smallest absolute Gasteiger partial charge is 0.153 e. The molecule has 0 radical (unpaired) electrons. The van der Waals surface area contributed by atoms with Crippen LogP contribution in [-0.2, 0) is 0 Å². The molecule has 0 aliphatic heterocycles. The number of nitrogens with zero attached hydrogens (tertiary/aromatic N) is 2. The maximum absolute atomic E-state index is 10.3. The van der Waals surface area contributed by atoms with Crippen molar-refractivity contribution in [3.8, 4) is 17.9 Å². The number of aldehydes is 1. The quantitative estimate of drug-likeness (QED) is 0.639. The third-order valence-corrected chi connectivity index (χ3v) is 1.53. The maximum atomic E-state index is 10.3. The van der Waals surface area contributed by atoms with Gasteiger partial charge in [0.25, 0.3) is 0 Å². The second-order valence-corrected chi connectivity index (χ2v) is 2.30. The summed E-state index contributed by atoms with van der Waals surface area (Å²) in [5.74, 6) is -0.287. The first-order valence-electron chi connectivity index (χ1n) is 3.35. The highest BCUT2D eigenvalue weighted by molar-refractivity contribution is 5.80. The third kappa shape index (κ3) is 1.47. The molecule has 0 saturated heterocycles. The zero-order valence-corrected chi connectivity index (χ0v) is 6.48. The summed E-state index contributed by atoms with van der Waals surface area (Å²) in [5, 5.41) is 26.2. The summed E-state index contributed by atoms with van der Waals surface area (Å²) in [6, 6.07) is 5.78. The van der Waals surface area contributed by atoms with Gasteiger partial charge >= 0.3 is 0 Å². The van der Waals surface area contributed by atoms with E-state index in [0.29, 0.717) is 6.29 Å². The van der Waals surface area contributed by atoms with Gasteiger partial charge in [0, 0.05) is 0 Å². The summed E-state index contributed by atoms with van der Waals surface area (Å²) in [4.78, 5) is 10.3. The lowest BCUT2D eigenvalue weighted by Gasteiger charge is -1.98. The van der Waals surface area contributed by atoms with Gasteiger partial charge in [0.2, 0.25) is 0 Å². The Bertz CT molecular complexity index is 438. The van der Waals surface area contributed by atoms with Crippen molar-refractivity contribution in [1.29, 1.82) is 10.5 Å². The molecule has 4 nitrogen and oxygen atoms in total. The number of carbonyl (C=O) groups excluding carboxylic acids is 1. The Kier molecular flexibility index (Phi) is 2.28. The molecule has 0 bridgehead atoms. The van der Waals surface area contributed by atoms with Crippen molar-refractivity contribution < 1.29 is 9.90 Å². The van der Waals surface area contributed by atoms with E-state index in [2.05, 4.69) is 0 Å². The van der Waals surface area contributed by atoms with Gasteiger partial charge in [-0.2, -0.15) is 10.5 Å². The van der Waals surface area contributed by atoms with Crippen molar-refractivity contribution in [3.63, 3.8) is 0 Å². The minimum Gasteiger partial charge on any atom is -0.507 e. The first-order valence-corrected chi connectivity index (χ1v) is 3.35. The van der Waals surface area contributed by atoms with E-state index in [1.54, 1.807) is 12.1 Å². The lowest BCUT2D eigenvalue weighted by atomic mass is 10.1. The first kappa shape index (κ1) is 8.76. The lowest BCUT2D eigenvalue weighted by molar-refractivity contribution is 0.112. The van der Waals surface area contributed by atoms with Crippen molar-refractivity contribution in [2.45, 2.75) is 0 Å². The van der Waals surface area contributed by atoms with Crippen molar-refractivity contribution in [2.24, 2.45) is 0 Å². The van der Waals surface area contributed by atoms with E-state index in [1.165, 1.54) is 6.07 Å². The molecular weight excluding hydrogens is 168 g/mol. The van der Waals surface area contributed by atoms with Crippen molar-refractivity contribution in [1.82, 2.24) is 0 Å². The molecule has 0 amide bonds. The van der Waals surface area contributed by atoms with Crippen LogP contribution in [0.2, 0.25) is 0 Å². The number of hydrogen-bond acceptors (Lipinski definition) is 4. The summed E-state index contributed by atoms with van der Waals surface area (Å²) in [7, 11) is 0. The number of nitriles is 2. The SMILES string of the molecule is N#Cc1cc(O)c(C=O)cc1C#N. The molecule has 0 fully saturated rings. The van der Waals surface area contributed by atoms with Gasteiger partial charge in [-0.05, 0) is 12.1 Å². The van der Waals surface area contributed by atoms with E-state index in [-0.39, 0.29) is 22.4 Å². The Morgan fingerprint density at radius 2 is 1.77 bits per heavy atom. The van der Waals surface area contributed by atoms with Crippen LogP contribution in [0.15, 0.2) is 12.1 Å². The molecule has 0 aliphatic carbocycles. The maximum Gasteiger partial charge on any atom is 0.153 e. The van der Waals surface area contributed by atoms with E-state index in [1.807, 2.05) is 0 Å². The number of benzene rings is 1. The van der Waals surface area contributed by atoms with Gasteiger partial charge < -0.3 is 5.11 Å². The lowest BCUT2D eigenvalue weighted by Crippen LogP contribution is -1.88. The molecule has 1 aromatic rings. The summed E-state index contributed by atoms with van der Waals surface area (Å²) in [5.41, 5.74) is 0.156. The topological polar surface area (TPSA) is 84.9 Å². The molecule has 1 aromatic carbocycles. The molecule has 0 aromatic heterocycles. The number of carbonyl (C=O) groups is 1. The van der Waals surface area contributed by atoms with Gasteiger partial charge in [-0.3, -0.25) is 4.79 Å². The Hall–Kier alpha value is -2.33. The summed E-state index contributed by atoms with van der Waals surface area (Å²) >= 11 is 0. The van der Waals surface area contributed by atoms with Crippen molar-refractivity contribution in [3.05, 3.63) is 28.8 Å². The predicted octanol–water partition coefficient (Wildman–Crippen LogP) is 0.948. The van der Waals surface area contributed by atoms with Crippen molar-refractivity contribution >= 4 is 6.29 Å². The second kappa shape index (κ2) is 3.38. The normalized spacial score (nSPS) is 8.46. The van der Waals surface area contributed by atoms with E-state index < -0.39 is 0 Å². The van der Waals surface area contributed by atoms with Gasteiger partial charge in [-0.1, -0.05) is 0 Å². The molecule has 0 saturated carbocycles. The fourth-order valence-electron chi connectivity index (χ4n) is 0.884. The molecule has 0 aliphatic rings. The van der Waals surface area contributed by atoms with Gasteiger partial charge in [0.15, 0.2) is 6.29 Å². The monoisotopic (exact) mass is 172 g/mol. The Balaban J connectivity index is 3.48. The van der Waals surface area contributed by atoms with Crippen LogP contribution in [0, 0.1) is 22.7 Å². The average molecular weight is 172 g/mol. The fourth-order valence-corrected chi connectivity index (χ4v) is 0.884. The predicted molar refractivity (Wildman–Crippen MR) is 42.9 cm³/mol. The van der Waals surface area contributed by atoms with Crippen LogP contribution in [0.25, 0.3) is 0 Å². The Labute approximate surface area is 74.3 Å². The molecule has 0 heterocycles. The highest BCUT2D eigenvalue weighted by atomic mass is 16.3. The van der Waals surface area contributed by atoms with Crippen molar-refractivity contribution in [2.75, 3.05) is 0 Å². The fraction of sp³-hybridized carbons (Fsp3) is 0. The molecule has 62 valence electrons. The Morgan fingerprint density at radius 1 is 1.23 bits per heavy atom. The molecular formula is C9H4N2O2. The molecule has 13 heavy (non-hydrogen) atoms. The highest BCUT2D eigenvalue weighted by Crippen LogP contribution is 2.19. The second-order valence-electron chi connectivity index (χ2n) is 2.30. The zero-order valence-electron chi connectivity index (χ0n) is 6.48. The average Bonchev–Trinajstić information content (AvgIpc) is 2.17. The molecule has 1 N–H and O–H groups in total. The van der Waals surface area contributed by atoms with Crippen LogP contribution in [0.1, 0.15) is 21.5 Å². The summed E-state index contributed by atoms with van der Waals surface area (Å²) < 4.78 is 0. The van der Waals surface area contributed by atoms with E-state index in [0.717, 1.165) is 6.07 Å². The number of rotatable bonds is 1. The molecule has 0 atom stereocenters. The Morgan fingerprint density at radius 3 is 2.23 bits per heavy atom. The summed E-state index contributed by atoms with van der Waals surface area (Å²) in [6.07, 6.45) is 0.428. The molecule has 0 spiro atoms. The standard InChI is InChI=1S/C9H4N2O2/c10-3-6-1-8(5-12)9(13)2-7(6)4-11/h1-2,5,13H. The third-order valence-electron chi connectivity index (χ3n) is 1.53. The van der Waals surface area contributed by atoms with Gasteiger partial charge in [-0.15, -0.1) is 0 Å². The largest absolute Gasteiger partial charge is 0.507 e. The number of aromatic hydroxyl groups is 1. The van der Waals surface area contributed by atoms with Crippen LogP contribution in [0.3, 0.4) is 0 Å². The van der Waals surface area contributed by atoms with Crippen LogP contribution in [0.4, 0.5) is 0 Å². The van der Waals surface area contributed by atoms with Crippen LogP contribution in [-0.4, -0.2) is 11.4 Å². The molecule has 1 rings (SSSR count). The number of phenolic OH excluding ortho intramolecular Hbond substituents is 1. The number of hydrogen-bond donors (Lipinski definition) is 1. The van der Waals surface area contributed by atoms with Gasteiger partial charge in [-0.25, -0.2) is 0 Å². The van der Waals surface area contributed by atoms with Crippen LogP contribution < -0.4 is 0 Å². The van der Waals surface area contributed by atoms with E-state index in [9.17, 15) is 4.79 Å². The van der Waals surface area contributed by atoms with Gasteiger partial charge in [0.05, 0.1) is 16.7 Å². The zero-order chi connectivity index (χ0) is 9.84. The first-order chi connectivity index (χ1) is 6.22. The van der Waals surface area contributed by atoms with Crippen LogP contribution in [0.5, 0.6) is 5.75 Å². The minimum absolute atomic E-state index is 0.00977. The number of phenols is 1. The molecule has 0 unspecified atom stereocenters.